The molecule has 0 fully saturated rings. The lowest BCUT2D eigenvalue weighted by Gasteiger charge is -2.12. The lowest BCUT2D eigenvalue weighted by molar-refractivity contribution is -0.138. The van der Waals surface area contributed by atoms with E-state index in [-0.39, 0.29) is 5.95 Å². The number of nitrogens with two attached hydrogens (primary N) is 1. The average molecular weight is 204 g/mol. The van der Waals surface area contributed by atoms with Crippen LogP contribution in [-0.4, -0.2) is 27.9 Å². The average Bonchev–Trinajstić information content (AvgIpc) is 2.52. The van der Waals surface area contributed by atoms with Crippen molar-refractivity contribution in [3.63, 3.8) is 0 Å². The molecule has 1 aromatic rings. The zero-order valence-corrected chi connectivity index (χ0v) is 7.50. The maximum absolute atomic E-state index is 12.7. The van der Waals surface area contributed by atoms with E-state index >= 15 is 0 Å². The van der Waals surface area contributed by atoms with Crippen molar-refractivity contribution in [3.8, 4) is 0 Å². The predicted molar refractivity (Wildman–Crippen MR) is 45.8 cm³/mol. The summed E-state index contributed by atoms with van der Waals surface area (Å²) in [4.78, 5) is 14.6. The van der Waals surface area contributed by atoms with E-state index in [9.17, 15) is 13.6 Å². The van der Waals surface area contributed by atoms with Gasteiger partial charge < -0.3 is 10.3 Å². The van der Waals surface area contributed by atoms with Crippen LogP contribution in [0.25, 0.3) is 0 Å². The summed E-state index contributed by atoms with van der Waals surface area (Å²) in [6.07, 6.45) is 2.91. The second-order valence-electron chi connectivity index (χ2n) is 2.72. The second-order valence-corrected chi connectivity index (χ2v) is 2.72. The summed E-state index contributed by atoms with van der Waals surface area (Å²) in [6.45, 7) is -1.02. The standard InChI is InChI=1S/C7H10F2N4O/c1-13-3-2-11-6(13)12-5(14)7(8,9)4-10/h2-3H,4,10H2,1H3,(H,11,12,14). The van der Waals surface area contributed by atoms with Gasteiger partial charge in [-0.2, -0.15) is 8.78 Å². The van der Waals surface area contributed by atoms with Crippen molar-refractivity contribution in [1.29, 1.82) is 0 Å². The fraction of sp³-hybridized carbons (Fsp3) is 0.429. The Balaban J connectivity index is 2.71. The molecule has 0 bridgehead atoms. The van der Waals surface area contributed by atoms with E-state index in [1.807, 2.05) is 5.32 Å². The SMILES string of the molecule is Cn1ccnc1NC(=O)C(F)(F)CN. The maximum atomic E-state index is 12.7. The van der Waals surface area contributed by atoms with E-state index in [1.54, 1.807) is 7.05 Å². The van der Waals surface area contributed by atoms with Crippen molar-refractivity contribution in [1.82, 2.24) is 9.55 Å². The Labute approximate surface area is 78.9 Å². The first-order valence-electron chi connectivity index (χ1n) is 3.84. The van der Waals surface area contributed by atoms with Crippen LogP contribution in [0.5, 0.6) is 0 Å². The number of alkyl halides is 2. The summed E-state index contributed by atoms with van der Waals surface area (Å²) >= 11 is 0. The first-order valence-corrected chi connectivity index (χ1v) is 3.84. The summed E-state index contributed by atoms with van der Waals surface area (Å²) in [5.41, 5.74) is 4.74. The Bertz CT molecular complexity index is 336. The van der Waals surface area contributed by atoms with Gasteiger partial charge in [0.25, 0.3) is 5.91 Å². The molecular formula is C7H10F2N4O. The summed E-state index contributed by atoms with van der Waals surface area (Å²) in [5.74, 6) is -4.95. The maximum Gasteiger partial charge on any atom is 0.336 e. The third-order valence-electron chi connectivity index (χ3n) is 1.64. The van der Waals surface area contributed by atoms with Crippen LogP contribution in [0, 0.1) is 0 Å². The fourth-order valence-electron chi connectivity index (χ4n) is 0.772. The van der Waals surface area contributed by atoms with Gasteiger partial charge >= 0.3 is 5.92 Å². The van der Waals surface area contributed by atoms with Crippen LogP contribution < -0.4 is 11.1 Å². The number of aryl methyl sites for hydroxylation is 1. The highest BCUT2D eigenvalue weighted by Gasteiger charge is 2.37. The van der Waals surface area contributed by atoms with Gasteiger partial charge in [-0.1, -0.05) is 0 Å². The van der Waals surface area contributed by atoms with Crippen molar-refractivity contribution >= 4 is 11.9 Å². The first kappa shape index (κ1) is 10.6. The molecule has 14 heavy (non-hydrogen) atoms. The van der Waals surface area contributed by atoms with E-state index in [0.717, 1.165) is 0 Å². The van der Waals surface area contributed by atoms with Gasteiger partial charge in [0.2, 0.25) is 5.95 Å². The molecule has 0 spiro atoms. The molecular weight excluding hydrogens is 194 g/mol. The van der Waals surface area contributed by atoms with E-state index in [0.29, 0.717) is 0 Å². The monoisotopic (exact) mass is 204 g/mol. The molecule has 1 amide bonds. The molecule has 0 aliphatic heterocycles. The van der Waals surface area contributed by atoms with Crippen molar-refractivity contribution in [2.75, 3.05) is 11.9 Å². The van der Waals surface area contributed by atoms with Gasteiger partial charge in [0.05, 0.1) is 6.54 Å². The van der Waals surface area contributed by atoms with E-state index in [4.69, 9.17) is 5.73 Å². The predicted octanol–water partition coefficient (Wildman–Crippen LogP) is -0.0474. The number of hydrogen-bond donors (Lipinski definition) is 2. The number of nitrogens with zero attached hydrogens (tertiary/aromatic N) is 2. The van der Waals surface area contributed by atoms with E-state index < -0.39 is 18.4 Å². The normalized spacial score (nSPS) is 11.4. The van der Waals surface area contributed by atoms with Gasteiger partial charge in [0, 0.05) is 19.4 Å². The van der Waals surface area contributed by atoms with Crippen LogP contribution in [0.2, 0.25) is 0 Å². The zero-order valence-electron chi connectivity index (χ0n) is 7.50. The van der Waals surface area contributed by atoms with Gasteiger partial charge in [0.15, 0.2) is 0 Å². The molecule has 0 aliphatic carbocycles. The van der Waals surface area contributed by atoms with Gasteiger partial charge in [-0.3, -0.25) is 10.1 Å². The van der Waals surface area contributed by atoms with Crippen LogP contribution in [-0.2, 0) is 11.8 Å². The minimum atomic E-state index is -3.56. The zero-order chi connectivity index (χ0) is 10.8. The molecule has 0 saturated heterocycles. The molecule has 0 saturated carbocycles. The highest BCUT2D eigenvalue weighted by molar-refractivity contribution is 5.94. The highest BCUT2D eigenvalue weighted by atomic mass is 19.3. The first-order chi connectivity index (χ1) is 6.47. The minimum absolute atomic E-state index is 0.0584. The van der Waals surface area contributed by atoms with Crippen molar-refractivity contribution < 1.29 is 13.6 Å². The lowest BCUT2D eigenvalue weighted by Crippen LogP contribution is -2.41. The fourth-order valence-corrected chi connectivity index (χ4v) is 0.772. The Morgan fingerprint density at radius 3 is 2.86 bits per heavy atom. The third kappa shape index (κ3) is 2.05. The van der Waals surface area contributed by atoms with Crippen LogP contribution in [0.4, 0.5) is 14.7 Å². The number of anilines is 1. The molecule has 0 aromatic carbocycles. The Morgan fingerprint density at radius 2 is 2.43 bits per heavy atom. The molecule has 0 radical (unpaired) electrons. The summed E-state index contributed by atoms with van der Waals surface area (Å²) < 4.78 is 26.8. The summed E-state index contributed by atoms with van der Waals surface area (Å²) in [7, 11) is 1.57. The van der Waals surface area contributed by atoms with E-state index in [2.05, 4.69) is 4.98 Å². The summed E-state index contributed by atoms with van der Waals surface area (Å²) in [6, 6.07) is 0. The number of carbonyl (C=O) groups is 1. The molecule has 0 atom stereocenters. The van der Waals surface area contributed by atoms with Gasteiger partial charge in [-0.25, -0.2) is 4.98 Å². The lowest BCUT2D eigenvalue weighted by atomic mass is 10.3. The number of hydrogen-bond acceptors (Lipinski definition) is 3. The molecule has 1 heterocycles. The molecule has 7 heteroatoms. The smallest absolute Gasteiger partial charge is 0.325 e. The van der Waals surface area contributed by atoms with Gasteiger partial charge in [0.1, 0.15) is 0 Å². The van der Waals surface area contributed by atoms with Crippen LogP contribution in [0.15, 0.2) is 12.4 Å². The molecule has 5 nitrogen and oxygen atoms in total. The number of nitrogens with one attached hydrogen (secondary N) is 1. The Kier molecular flexibility index (Phi) is 2.80. The Hall–Kier alpha value is -1.50. The number of rotatable bonds is 3. The second kappa shape index (κ2) is 3.70. The number of halogens is 2. The number of aromatic nitrogens is 2. The molecule has 0 unspecified atom stereocenters. The third-order valence-corrected chi connectivity index (χ3v) is 1.64. The molecule has 78 valence electrons. The Morgan fingerprint density at radius 1 is 1.79 bits per heavy atom. The number of carbonyl (C=O) groups excluding carboxylic acids is 1. The molecule has 0 aliphatic rings. The molecule has 1 aromatic heterocycles. The van der Waals surface area contributed by atoms with Crippen LogP contribution in [0.3, 0.4) is 0 Å². The largest absolute Gasteiger partial charge is 0.336 e. The van der Waals surface area contributed by atoms with Crippen molar-refractivity contribution in [2.24, 2.45) is 12.8 Å². The minimum Gasteiger partial charge on any atom is -0.325 e. The van der Waals surface area contributed by atoms with Crippen molar-refractivity contribution in [2.45, 2.75) is 5.92 Å². The van der Waals surface area contributed by atoms with Crippen LogP contribution >= 0.6 is 0 Å². The van der Waals surface area contributed by atoms with E-state index in [1.165, 1.54) is 17.0 Å². The number of amides is 1. The molecule has 1 rings (SSSR count). The highest BCUT2D eigenvalue weighted by Crippen LogP contribution is 2.13. The van der Waals surface area contributed by atoms with Crippen molar-refractivity contribution in [3.05, 3.63) is 12.4 Å². The summed E-state index contributed by atoms with van der Waals surface area (Å²) in [5, 5.41) is 1.96. The van der Waals surface area contributed by atoms with Gasteiger partial charge in [-0.15, -0.1) is 0 Å². The number of imidazole rings is 1. The van der Waals surface area contributed by atoms with Gasteiger partial charge in [-0.05, 0) is 0 Å². The molecule has 3 N–H and O–H groups in total. The quantitative estimate of drug-likeness (QED) is 0.725. The van der Waals surface area contributed by atoms with Crippen LogP contribution in [0.1, 0.15) is 0 Å². The topological polar surface area (TPSA) is 72.9 Å².